The third-order valence-corrected chi connectivity index (χ3v) is 6.92. The molecule has 1 fully saturated rings. The number of rotatable bonds is 11. The van der Waals surface area contributed by atoms with E-state index in [0.29, 0.717) is 28.8 Å². The van der Waals surface area contributed by atoms with Crippen molar-refractivity contribution in [3.63, 3.8) is 0 Å². The molecule has 0 aromatic heterocycles. The van der Waals surface area contributed by atoms with Crippen LogP contribution in [0.3, 0.4) is 0 Å². The summed E-state index contributed by atoms with van der Waals surface area (Å²) in [4.78, 5) is 27.9. The zero-order valence-corrected chi connectivity index (χ0v) is 21.9. The van der Waals surface area contributed by atoms with Gasteiger partial charge in [-0.3, -0.25) is 9.59 Å². The van der Waals surface area contributed by atoms with Gasteiger partial charge in [-0.1, -0.05) is 48.5 Å². The molecule has 0 heterocycles. The van der Waals surface area contributed by atoms with Crippen molar-refractivity contribution in [2.45, 2.75) is 70.5 Å². The Morgan fingerprint density at radius 3 is 2.40 bits per heavy atom. The van der Waals surface area contributed by atoms with E-state index in [-0.39, 0.29) is 30.8 Å². The Bertz CT molecular complexity index is 978. The third-order valence-electron chi connectivity index (χ3n) is 6.34. The van der Waals surface area contributed by atoms with E-state index >= 15 is 0 Å². The number of hydrogen-bond donors (Lipinski definition) is 1. The van der Waals surface area contributed by atoms with E-state index in [1.807, 2.05) is 24.3 Å². The lowest BCUT2D eigenvalue weighted by Gasteiger charge is -2.31. The van der Waals surface area contributed by atoms with Gasteiger partial charge >= 0.3 is 0 Å². The van der Waals surface area contributed by atoms with Crippen LogP contribution in [0, 0.1) is 0 Å². The highest BCUT2D eigenvalue weighted by Crippen LogP contribution is 2.24. The molecule has 1 saturated carbocycles. The summed E-state index contributed by atoms with van der Waals surface area (Å²) in [6.45, 7) is 2.39. The van der Waals surface area contributed by atoms with Gasteiger partial charge in [0.2, 0.25) is 11.8 Å². The molecular formula is C27H34Cl2N2O4. The monoisotopic (exact) mass is 520 g/mol. The molecule has 35 heavy (non-hydrogen) atoms. The summed E-state index contributed by atoms with van der Waals surface area (Å²) in [6, 6.07) is 12.0. The minimum absolute atomic E-state index is 0.124. The minimum atomic E-state index is -0.626. The van der Waals surface area contributed by atoms with Crippen LogP contribution < -0.4 is 14.8 Å². The molecule has 6 nitrogen and oxygen atoms in total. The molecule has 1 unspecified atom stereocenters. The Hall–Kier alpha value is -2.44. The van der Waals surface area contributed by atoms with Crippen LogP contribution in [0.25, 0.3) is 0 Å². The van der Waals surface area contributed by atoms with Gasteiger partial charge in [-0.15, -0.1) is 0 Å². The molecule has 2 aromatic rings. The maximum atomic E-state index is 13.3. The molecule has 1 aliphatic rings. The average Bonchev–Trinajstić information content (AvgIpc) is 2.86. The molecule has 2 amide bonds. The maximum absolute atomic E-state index is 13.3. The number of nitrogens with one attached hydrogen (secondary N) is 1. The maximum Gasteiger partial charge on any atom is 0.242 e. The standard InChI is InChI=1S/C27H34Cl2N2O4/c1-19(27(33)30-22-7-4-3-5-8-22)31(18-20-10-11-21(28)17-25(20)29)26(32)9-6-16-35-24-14-12-23(34-2)13-15-24/h10-15,17,19,22H,3-9,16,18H2,1-2H3,(H,30,33). The Kier molecular flexibility index (Phi) is 10.5. The van der Waals surface area contributed by atoms with E-state index in [9.17, 15) is 9.59 Å². The molecule has 1 N–H and O–H groups in total. The van der Waals surface area contributed by atoms with Crippen LogP contribution in [0.5, 0.6) is 11.5 Å². The number of benzene rings is 2. The molecule has 2 aromatic carbocycles. The Morgan fingerprint density at radius 2 is 1.74 bits per heavy atom. The number of carbonyl (C=O) groups excluding carboxylic acids is 2. The summed E-state index contributed by atoms with van der Waals surface area (Å²) in [5.41, 5.74) is 0.746. The first-order valence-corrected chi connectivity index (χ1v) is 12.9. The van der Waals surface area contributed by atoms with Crippen molar-refractivity contribution in [2.75, 3.05) is 13.7 Å². The molecule has 0 radical (unpaired) electrons. The zero-order valence-electron chi connectivity index (χ0n) is 20.4. The Morgan fingerprint density at radius 1 is 1.06 bits per heavy atom. The first-order valence-electron chi connectivity index (χ1n) is 12.2. The highest BCUT2D eigenvalue weighted by atomic mass is 35.5. The van der Waals surface area contributed by atoms with E-state index in [1.165, 1.54) is 6.42 Å². The normalized spacial score (nSPS) is 14.7. The van der Waals surface area contributed by atoms with Crippen molar-refractivity contribution >= 4 is 35.0 Å². The molecule has 3 rings (SSSR count). The molecule has 1 atom stereocenters. The molecule has 0 aliphatic heterocycles. The molecule has 1 aliphatic carbocycles. The van der Waals surface area contributed by atoms with Crippen molar-refractivity contribution < 1.29 is 19.1 Å². The number of hydrogen-bond acceptors (Lipinski definition) is 4. The van der Waals surface area contributed by atoms with Crippen LogP contribution in [0.2, 0.25) is 10.0 Å². The van der Waals surface area contributed by atoms with Crippen molar-refractivity contribution in [2.24, 2.45) is 0 Å². The summed E-state index contributed by atoms with van der Waals surface area (Å²) < 4.78 is 10.9. The number of halogens is 2. The fourth-order valence-electron chi connectivity index (χ4n) is 4.21. The third kappa shape index (κ3) is 8.32. The van der Waals surface area contributed by atoms with Gasteiger partial charge in [-0.2, -0.15) is 0 Å². The van der Waals surface area contributed by atoms with Crippen molar-refractivity contribution in [1.29, 1.82) is 0 Å². The van der Waals surface area contributed by atoms with Gasteiger partial charge in [0.1, 0.15) is 17.5 Å². The second-order valence-corrected chi connectivity index (χ2v) is 9.75. The predicted octanol–water partition coefficient (Wildman–Crippen LogP) is 6.03. The van der Waals surface area contributed by atoms with Crippen molar-refractivity contribution in [3.05, 3.63) is 58.1 Å². The van der Waals surface area contributed by atoms with E-state index in [4.69, 9.17) is 32.7 Å². The van der Waals surface area contributed by atoms with Gasteiger partial charge in [0.25, 0.3) is 0 Å². The smallest absolute Gasteiger partial charge is 0.242 e. The lowest BCUT2D eigenvalue weighted by Crippen LogP contribution is -2.50. The SMILES string of the molecule is COc1ccc(OCCCC(=O)N(Cc2ccc(Cl)cc2Cl)C(C)C(=O)NC2CCCCC2)cc1. The lowest BCUT2D eigenvalue weighted by atomic mass is 9.95. The zero-order chi connectivity index (χ0) is 25.2. The van der Waals surface area contributed by atoms with Gasteiger partial charge in [-0.25, -0.2) is 0 Å². The van der Waals surface area contributed by atoms with Crippen LogP contribution in [-0.4, -0.2) is 42.5 Å². The number of carbonyl (C=O) groups is 2. The fraction of sp³-hybridized carbons (Fsp3) is 0.481. The van der Waals surface area contributed by atoms with Gasteiger partial charge in [0.05, 0.1) is 13.7 Å². The Balaban J connectivity index is 1.62. The first-order chi connectivity index (χ1) is 16.9. The first kappa shape index (κ1) is 27.2. The van der Waals surface area contributed by atoms with Crippen molar-refractivity contribution in [3.8, 4) is 11.5 Å². The number of ether oxygens (including phenoxy) is 2. The molecule has 0 bridgehead atoms. The quantitative estimate of drug-likeness (QED) is 0.367. The fourth-order valence-corrected chi connectivity index (χ4v) is 4.68. The van der Waals surface area contributed by atoms with Gasteiger partial charge < -0.3 is 19.7 Å². The minimum Gasteiger partial charge on any atom is -0.497 e. The molecular weight excluding hydrogens is 487 g/mol. The van der Waals surface area contributed by atoms with E-state index in [1.54, 1.807) is 37.1 Å². The second kappa shape index (κ2) is 13.6. The van der Waals surface area contributed by atoms with E-state index in [0.717, 1.165) is 37.0 Å². The second-order valence-electron chi connectivity index (χ2n) is 8.90. The Labute approximate surface area is 217 Å². The predicted molar refractivity (Wildman–Crippen MR) is 139 cm³/mol. The van der Waals surface area contributed by atoms with Crippen LogP contribution >= 0.6 is 23.2 Å². The summed E-state index contributed by atoms with van der Waals surface area (Å²) in [7, 11) is 1.61. The summed E-state index contributed by atoms with van der Waals surface area (Å²) in [5, 5.41) is 4.13. The molecule has 190 valence electrons. The molecule has 8 heteroatoms. The highest BCUT2D eigenvalue weighted by Gasteiger charge is 2.28. The number of amides is 2. The topological polar surface area (TPSA) is 67.9 Å². The number of methoxy groups -OCH3 is 1. The summed E-state index contributed by atoms with van der Waals surface area (Å²) in [6.07, 6.45) is 6.19. The van der Waals surface area contributed by atoms with Gasteiger partial charge in [-0.05, 0) is 68.1 Å². The van der Waals surface area contributed by atoms with Crippen LogP contribution in [0.1, 0.15) is 57.4 Å². The highest BCUT2D eigenvalue weighted by molar-refractivity contribution is 6.35. The van der Waals surface area contributed by atoms with E-state index < -0.39 is 6.04 Å². The largest absolute Gasteiger partial charge is 0.497 e. The molecule has 0 saturated heterocycles. The van der Waals surface area contributed by atoms with Crippen LogP contribution in [-0.2, 0) is 16.1 Å². The van der Waals surface area contributed by atoms with Gasteiger partial charge in [0, 0.05) is 29.1 Å². The molecule has 0 spiro atoms. The average molecular weight is 521 g/mol. The van der Waals surface area contributed by atoms with Crippen molar-refractivity contribution in [1.82, 2.24) is 10.2 Å². The summed E-state index contributed by atoms with van der Waals surface area (Å²) in [5.74, 6) is 1.21. The van der Waals surface area contributed by atoms with Gasteiger partial charge in [0.15, 0.2) is 0 Å². The van der Waals surface area contributed by atoms with Crippen LogP contribution in [0.15, 0.2) is 42.5 Å². The van der Waals surface area contributed by atoms with Crippen LogP contribution in [0.4, 0.5) is 0 Å². The number of nitrogens with zero attached hydrogens (tertiary/aromatic N) is 1. The lowest BCUT2D eigenvalue weighted by molar-refractivity contribution is -0.141. The summed E-state index contributed by atoms with van der Waals surface area (Å²) >= 11 is 12.4. The van der Waals surface area contributed by atoms with E-state index in [2.05, 4.69) is 5.32 Å².